The van der Waals surface area contributed by atoms with Crippen LogP contribution in [0, 0.1) is 0 Å². The number of nitrogens with zero attached hydrogens (tertiary/aromatic N) is 4. The summed E-state index contributed by atoms with van der Waals surface area (Å²) in [6, 6.07) is 12.6. The van der Waals surface area contributed by atoms with Crippen molar-refractivity contribution in [1.29, 1.82) is 0 Å². The predicted octanol–water partition coefficient (Wildman–Crippen LogP) is 3.64. The molecule has 0 bridgehead atoms. The first kappa shape index (κ1) is 15.0. The molecule has 3 heterocycles. The van der Waals surface area contributed by atoms with Crippen molar-refractivity contribution in [3.8, 4) is 11.4 Å². The van der Waals surface area contributed by atoms with Crippen LogP contribution in [-0.2, 0) is 13.0 Å². The summed E-state index contributed by atoms with van der Waals surface area (Å²) in [6.07, 6.45) is 5.76. The van der Waals surface area contributed by atoms with Gasteiger partial charge < -0.3 is 4.52 Å². The molecule has 0 aliphatic carbocycles. The van der Waals surface area contributed by atoms with Gasteiger partial charge in [0, 0.05) is 24.5 Å². The lowest BCUT2D eigenvalue weighted by atomic mass is 10.0. The van der Waals surface area contributed by atoms with Crippen molar-refractivity contribution in [2.45, 2.75) is 32.4 Å². The number of benzene rings is 1. The van der Waals surface area contributed by atoms with Gasteiger partial charge in [-0.1, -0.05) is 29.4 Å². The molecule has 4 rings (SSSR count). The second kappa shape index (κ2) is 6.53. The highest BCUT2D eigenvalue weighted by Crippen LogP contribution is 2.27. The van der Waals surface area contributed by atoms with Crippen LogP contribution in [0.4, 0.5) is 0 Å². The van der Waals surface area contributed by atoms with Gasteiger partial charge in [-0.15, -0.1) is 0 Å². The summed E-state index contributed by atoms with van der Waals surface area (Å²) in [4.78, 5) is 11.1. The molecule has 24 heavy (non-hydrogen) atoms. The van der Waals surface area contributed by atoms with E-state index in [9.17, 15) is 0 Å². The molecule has 0 saturated carbocycles. The van der Waals surface area contributed by atoms with Crippen LogP contribution >= 0.6 is 0 Å². The van der Waals surface area contributed by atoms with Gasteiger partial charge >= 0.3 is 0 Å². The lowest BCUT2D eigenvalue weighted by Crippen LogP contribution is -2.27. The van der Waals surface area contributed by atoms with Crippen molar-refractivity contribution < 1.29 is 4.52 Å². The highest BCUT2D eigenvalue weighted by Gasteiger charge is 2.24. The van der Waals surface area contributed by atoms with Gasteiger partial charge in [-0.3, -0.25) is 9.88 Å². The minimum atomic E-state index is 0.0917. The summed E-state index contributed by atoms with van der Waals surface area (Å²) in [5, 5.41) is 4.12. The van der Waals surface area contributed by atoms with Crippen LogP contribution in [0.3, 0.4) is 0 Å². The standard InChI is InChI=1S/C19H20N4O/c1-14(19-21-18(22-24-19)16-8-4-10-20-12-16)23-11-5-9-15-6-2-3-7-17(15)13-23/h2-4,6-8,10,12,14H,5,9,11,13H2,1H3. The molecule has 0 N–H and O–H groups in total. The molecule has 0 spiro atoms. The Hall–Kier alpha value is -2.53. The molecule has 0 fully saturated rings. The highest BCUT2D eigenvalue weighted by atomic mass is 16.5. The zero-order chi connectivity index (χ0) is 16.4. The molecule has 1 aromatic carbocycles. The molecule has 122 valence electrons. The summed E-state index contributed by atoms with van der Waals surface area (Å²) >= 11 is 0. The number of hydrogen-bond acceptors (Lipinski definition) is 5. The first-order valence-electron chi connectivity index (χ1n) is 8.36. The lowest BCUT2D eigenvalue weighted by Gasteiger charge is -2.25. The van der Waals surface area contributed by atoms with E-state index in [1.807, 2.05) is 12.1 Å². The monoisotopic (exact) mass is 320 g/mol. The van der Waals surface area contributed by atoms with Crippen molar-refractivity contribution >= 4 is 0 Å². The largest absolute Gasteiger partial charge is 0.337 e. The van der Waals surface area contributed by atoms with Gasteiger partial charge in [0.25, 0.3) is 0 Å². The van der Waals surface area contributed by atoms with Gasteiger partial charge in [0.05, 0.1) is 6.04 Å². The maximum atomic E-state index is 5.53. The molecule has 1 unspecified atom stereocenters. The summed E-state index contributed by atoms with van der Waals surface area (Å²) in [5.41, 5.74) is 3.73. The second-order valence-corrected chi connectivity index (χ2v) is 6.22. The van der Waals surface area contributed by atoms with E-state index < -0.39 is 0 Å². The first-order valence-corrected chi connectivity index (χ1v) is 8.36. The lowest BCUT2D eigenvalue weighted by molar-refractivity contribution is 0.167. The van der Waals surface area contributed by atoms with Crippen molar-refractivity contribution in [1.82, 2.24) is 20.0 Å². The fourth-order valence-corrected chi connectivity index (χ4v) is 3.23. The molecule has 0 saturated heterocycles. The third kappa shape index (κ3) is 2.95. The number of hydrogen-bond donors (Lipinski definition) is 0. The normalized spacial score (nSPS) is 16.4. The maximum absolute atomic E-state index is 5.53. The van der Waals surface area contributed by atoms with Crippen LogP contribution in [0.25, 0.3) is 11.4 Å². The number of fused-ring (bicyclic) bond motifs is 1. The fourth-order valence-electron chi connectivity index (χ4n) is 3.23. The van der Waals surface area contributed by atoms with Gasteiger partial charge in [0.2, 0.25) is 11.7 Å². The van der Waals surface area contributed by atoms with Crippen molar-refractivity contribution in [3.63, 3.8) is 0 Å². The van der Waals surface area contributed by atoms with E-state index in [1.54, 1.807) is 12.4 Å². The Morgan fingerprint density at radius 2 is 2.00 bits per heavy atom. The zero-order valence-corrected chi connectivity index (χ0v) is 13.7. The molecular formula is C19H20N4O. The number of rotatable bonds is 3. The van der Waals surface area contributed by atoms with Crippen molar-refractivity contribution in [2.75, 3.05) is 6.54 Å². The minimum Gasteiger partial charge on any atom is -0.337 e. The summed E-state index contributed by atoms with van der Waals surface area (Å²) in [6.45, 7) is 4.08. The molecule has 5 heteroatoms. The van der Waals surface area contributed by atoms with E-state index in [1.165, 1.54) is 11.1 Å². The van der Waals surface area contributed by atoms with Gasteiger partial charge in [-0.25, -0.2) is 0 Å². The maximum Gasteiger partial charge on any atom is 0.244 e. The Morgan fingerprint density at radius 3 is 2.83 bits per heavy atom. The van der Waals surface area contributed by atoms with Crippen molar-refractivity contribution in [3.05, 3.63) is 65.8 Å². The average molecular weight is 320 g/mol. The number of pyridine rings is 1. The van der Waals surface area contributed by atoms with Crippen LogP contribution < -0.4 is 0 Å². The minimum absolute atomic E-state index is 0.0917. The van der Waals surface area contributed by atoms with Gasteiger partial charge in [-0.2, -0.15) is 4.98 Å². The van der Waals surface area contributed by atoms with Crippen molar-refractivity contribution in [2.24, 2.45) is 0 Å². The van der Waals surface area contributed by atoms with Crippen LogP contribution in [0.1, 0.15) is 36.4 Å². The van der Waals surface area contributed by atoms with E-state index in [2.05, 4.69) is 51.2 Å². The van der Waals surface area contributed by atoms with E-state index in [0.29, 0.717) is 11.7 Å². The third-order valence-corrected chi connectivity index (χ3v) is 4.65. The number of aromatic nitrogens is 3. The molecule has 0 radical (unpaired) electrons. The van der Waals surface area contributed by atoms with Gasteiger partial charge in [-0.05, 0) is 49.6 Å². The Bertz CT molecular complexity index is 815. The summed E-state index contributed by atoms with van der Waals surface area (Å²) < 4.78 is 5.53. The molecule has 1 aliphatic rings. The smallest absolute Gasteiger partial charge is 0.244 e. The molecule has 0 amide bonds. The van der Waals surface area contributed by atoms with Gasteiger partial charge in [0.1, 0.15) is 0 Å². The molecular weight excluding hydrogens is 300 g/mol. The Balaban J connectivity index is 1.56. The van der Waals surface area contributed by atoms with Crippen LogP contribution in [0.15, 0.2) is 53.3 Å². The second-order valence-electron chi connectivity index (χ2n) is 6.22. The molecule has 1 aliphatic heterocycles. The third-order valence-electron chi connectivity index (χ3n) is 4.65. The average Bonchev–Trinajstić information content (AvgIpc) is 3.02. The molecule has 5 nitrogen and oxygen atoms in total. The van der Waals surface area contributed by atoms with Crippen LogP contribution in [0.2, 0.25) is 0 Å². The molecule has 3 aromatic rings. The Kier molecular flexibility index (Phi) is 4.09. The quantitative estimate of drug-likeness (QED) is 0.737. The summed E-state index contributed by atoms with van der Waals surface area (Å²) in [5.74, 6) is 1.26. The zero-order valence-electron chi connectivity index (χ0n) is 13.7. The van der Waals surface area contributed by atoms with E-state index in [0.717, 1.165) is 31.5 Å². The Labute approximate surface area is 141 Å². The fraction of sp³-hybridized carbons (Fsp3) is 0.316. The summed E-state index contributed by atoms with van der Waals surface area (Å²) in [7, 11) is 0. The number of aryl methyl sites for hydroxylation is 1. The topological polar surface area (TPSA) is 55.1 Å². The Morgan fingerprint density at radius 1 is 1.12 bits per heavy atom. The van der Waals surface area contributed by atoms with Gasteiger partial charge in [0.15, 0.2) is 0 Å². The van der Waals surface area contributed by atoms with E-state index >= 15 is 0 Å². The van der Waals surface area contributed by atoms with Crippen LogP contribution in [-0.4, -0.2) is 26.6 Å². The van der Waals surface area contributed by atoms with E-state index in [4.69, 9.17) is 4.52 Å². The van der Waals surface area contributed by atoms with Crippen LogP contribution in [0.5, 0.6) is 0 Å². The molecule has 2 aromatic heterocycles. The molecule has 1 atom stereocenters. The first-order chi connectivity index (χ1) is 11.8. The highest BCUT2D eigenvalue weighted by molar-refractivity contribution is 5.51. The SMILES string of the molecule is CC(c1nc(-c2cccnc2)no1)N1CCCc2ccccc2C1. The van der Waals surface area contributed by atoms with E-state index in [-0.39, 0.29) is 6.04 Å². The predicted molar refractivity (Wildman–Crippen MR) is 91.1 cm³/mol.